The molecule has 0 aromatic rings. The van der Waals surface area contributed by atoms with E-state index in [0.717, 1.165) is 0 Å². The van der Waals surface area contributed by atoms with Gasteiger partial charge in [0.05, 0.1) is 0 Å². The average molecular weight is 287 g/mol. The molecule has 0 saturated carbocycles. The number of aromatic nitrogens is 3. The van der Waals surface area contributed by atoms with E-state index in [2.05, 4.69) is 15.3 Å². The van der Waals surface area contributed by atoms with Gasteiger partial charge in [0, 0.05) is 13.1 Å². The van der Waals surface area contributed by atoms with Crippen molar-refractivity contribution in [2.75, 3.05) is 18.1 Å². The number of halogens is 2. The molecule has 3 heterocycles. The van der Waals surface area contributed by atoms with Crippen molar-refractivity contribution in [2.45, 2.75) is 11.7 Å². The van der Waals surface area contributed by atoms with E-state index in [1.807, 2.05) is 0 Å². The number of nitrogens with zero attached hydrogens (tertiary/aromatic N) is 3. The van der Waals surface area contributed by atoms with E-state index in [0.29, 0.717) is 18.9 Å². The van der Waals surface area contributed by atoms with Crippen molar-refractivity contribution in [3.8, 4) is 11.3 Å². The fraction of sp³-hybridized carbons (Fsp3) is 0.300. The van der Waals surface area contributed by atoms with Crippen LogP contribution in [0.5, 0.6) is 0 Å². The molecule has 0 fully saturated rings. The Morgan fingerprint density at radius 3 is 3.00 bits per heavy atom. The first-order chi connectivity index (χ1) is 8.63. The summed E-state index contributed by atoms with van der Waals surface area (Å²) in [5.41, 5.74) is -0.352. The highest BCUT2D eigenvalue weighted by atomic mass is 35.5. The Hall–Kier alpha value is -1.34. The fourth-order valence-electron chi connectivity index (χ4n) is 2.01. The van der Waals surface area contributed by atoms with Crippen molar-refractivity contribution in [1.82, 2.24) is 14.5 Å². The number of anilines is 1. The second-order valence-electron chi connectivity index (χ2n) is 3.77. The van der Waals surface area contributed by atoms with E-state index in [4.69, 9.17) is 11.6 Å². The summed E-state index contributed by atoms with van der Waals surface area (Å²) in [6, 6.07) is 0. The summed E-state index contributed by atoms with van der Waals surface area (Å²) in [6.45, 7) is 1.12. The zero-order valence-corrected chi connectivity index (χ0v) is 10.9. The van der Waals surface area contributed by atoms with Gasteiger partial charge in [0.2, 0.25) is 0 Å². The van der Waals surface area contributed by atoms with Crippen molar-refractivity contribution < 1.29 is 4.39 Å². The monoisotopic (exact) mass is 286 g/mol. The van der Waals surface area contributed by atoms with Gasteiger partial charge in [0.15, 0.2) is 11.0 Å². The quantitative estimate of drug-likeness (QED) is 0.491. The van der Waals surface area contributed by atoms with Crippen LogP contribution in [0.15, 0.2) is 9.95 Å². The van der Waals surface area contributed by atoms with Crippen LogP contribution in [0.2, 0.25) is 5.15 Å². The van der Waals surface area contributed by atoms with Crippen LogP contribution in [0.4, 0.5) is 10.2 Å². The molecular formula is C10H8ClFN4OS. The number of hydrogen-bond acceptors (Lipinski definition) is 5. The van der Waals surface area contributed by atoms with Gasteiger partial charge in [-0.15, -0.1) is 0 Å². The van der Waals surface area contributed by atoms with E-state index >= 15 is 0 Å². The maximum atomic E-state index is 14.1. The van der Waals surface area contributed by atoms with Crippen molar-refractivity contribution in [1.29, 1.82) is 0 Å². The number of nitrogens with one attached hydrogen (secondary N) is 1. The zero-order valence-electron chi connectivity index (χ0n) is 9.33. The first-order valence-corrected chi connectivity index (χ1v) is 6.81. The molecule has 0 spiro atoms. The smallest absolute Gasteiger partial charge is 0.285 e. The molecular weight excluding hydrogens is 279 g/mol. The Morgan fingerprint density at radius 1 is 1.50 bits per heavy atom. The first-order valence-electron chi connectivity index (χ1n) is 5.21. The molecule has 0 bridgehead atoms. The molecule has 3 aliphatic heterocycles. The van der Waals surface area contributed by atoms with Crippen molar-refractivity contribution in [3.05, 3.63) is 21.3 Å². The third-order valence-electron chi connectivity index (χ3n) is 2.80. The minimum Gasteiger partial charge on any atom is -0.369 e. The standard InChI is InChI=1S/C10H8ClFN4OS/c1-18-10-14-6-4(9(17)15-10)8-13-2-3-16(8)7(11)5(6)12/h13H,2-3H2,1H3. The molecule has 94 valence electrons. The number of hydrogen-bond donors (Lipinski definition) is 1. The highest BCUT2D eigenvalue weighted by Crippen LogP contribution is 2.35. The molecule has 0 amide bonds. The Bertz CT molecular complexity index is 674. The van der Waals surface area contributed by atoms with E-state index < -0.39 is 11.4 Å². The average Bonchev–Trinajstić information content (AvgIpc) is 2.84. The summed E-state index contributed by atoms with van der Waals surface area (Å²) < 4.78 is 15.7. The highest BCUT2D eigenvalue weighted by Gasteiger charge is 2.29. The lowest BCUT2D eigenvalue weighted by atomic mass is 10.2. The molecule has 0 atom stereocenters. The molecule has 0 aliphatic carbocycles. The summed E-state index contributed by atoms with van der Waals surface area (Å²) in [6.07, 6.45) is 1.72. The Morgan fingerprint density at radius 2 is 2.28 bits per heavy atom. The predicted molar refractivity (Wildman–Crippen MR) is 68.2 cm³/mol. The normalized spacial score (nSPS) is 13.7. The van der Waals surface area contributed by atoms with Gasteiger partial charge in [-0.25, -0.2) is 9.37 Å². The minimum atomic E-state index is -0.672. The van der Waals surface area contributed by atoms with Gasteiger partial charge in [-0.1, -0.05) is 23.4 Å². The molecule has 0 saturated heterocycles. The van der Waals surface area contributed by atoms with Gasteiger partial charge in [0.1, 0.15) is 22.2 Å². The zero-order chi connectivity index (χ0) is 12.9. The van der Waals surface area contributed by atoms with Crippen molar-refractivity contribution in [2.24, 2.45) is 0 Å². The number of pyridine rings is 1. The summed E-state index contributed by atoms with van der Waals surface area (Å²) in [5.74, 6) is -0.178. The maximum Gasteiger partial charge on any atom is 0.285 e. The van der Waals surface area contributed by atoms with Gasteiger partial charge in [-0.3, -0.25) is 4.79 Å². The van der Waals surface area contributed by atoms with Crippen LogP contribution in [-0.2, 0) is 6.54 Å². The molecule has 8 heteroatoms. The largest absolute Gasteiger partial charge is 0.369 e. The van der Waals surface area contributed by atoms with Crippen LogP contribution >= 0.6 is 23.4 Å². The summed E-state index contributed by atoms with van der Waals surface area (Å²) in [7, 11) is 0. The van der Waals surface area contributed by atoms with E-state index in [9.17, 15) is 9.18 Å². The third-order valence-corrected chi connectivity index (χ3v) is 3.72. The number of thioether (sulfide) groups is 1. The molecule has 1 N–H and O–H groups in total. The molecule has 5 nitrogen and oxygen atoms in total. The first kappa shape index (κ1) is 11.7. The van der Waals surface area contributed by atoms with Crippen LogP contribution in [-0.4, -0.2) is 27.3 Å². The topological polar surface area (TPSA) is 59.8 Å². The Kier molecular flexibility index (Phi) is 2.67. The Labute approximate surface area is 111 Å². The van der Waals surface area contributed by atoms with Crippen molar-refractivity contribution >= 4 is 29.2 Å². The number of rotatable bonds is 1. The van der Waals surface area contributed by atoms with E-state index in [1.165, 1.54) is 16.3 Å². The second kappa shape index (κ2) is 4.10. The molecule has 0 aromatic heterocycles. The van der Waals surface area contributed by atoms with Gasteiger partial charge < -0.3 is 9.88 Å². The van der Waals surface area contributed by atoms with Crippen LogP contribution in [0.25, 0.3) is 11.3 Å². The molecule has 0 unspecified atom stereocenters. The van der Waals surface area contributed by atoms with E-state index in [-0.39, 0.29) is 21.6 Å². The summed E-state index contributed by atoms with van der Waals surface area (Å²) in [5, 5.41) is 3.22. The Balaban J connectivity index is 2.47. The van der Waals surface area contributed by atoms with Crippen LogP contribution in [0, 0.1) is 5.82 Å². The molecule has 3 aliphatic rings. The highest BCUT2D eigenvalue weighted by molar-refractivity contribution is 7.98. The van der Waals surface area contributed by atoms with Gasteiger partial charge in [-0.2, -0.15) is 4.98 Å². The second-order valence-corrected chi connectivity index (χ2v) is 4.90. The fourth-order valence-corrected chi connectivity index (χ4v) is 2.63. The molecule has 3 rings (SSSR count). The van der Waals surface area contributed by atoms with Crippen LogP contribution < -0.4 is 10.9 Å². The summed E-state index contributed by atoms with van der Waals surface area (Å²) >= 11 is 7.13. The lowest BCUT2D eigenvalue weighted by Gasteiger charge is -2.14. The van der Waals surface area contributed by atoms with Crippen molar-refractivity contribution in [3.63, 3.8) is 0 Å². The van der Waals surface area contributed by atoms with E-state index in [1.54, 1.807) is 6.26 Å². The molecule has 0 radical (unpaired) electrons. The lowest BCUT2D eigenvalue weighted by molar-refractivity contribution is 0.600. The van der Waals surface area contributed by atoms with Gasteiger partial charge in [0.25, 0.3) is 5.56 Å². The minimum absolute atomic E-state index is 0.0231. The van der Waals surface area contributed by atoms with Crippen LogP contribution in [0.1, 0.15) is 0 Å². The van der Waals surface area contributed by atoms with Gasteiger partial charge >= 0.3 is 0 Å². The maximum absolute atomic E-state index is 14.1. The SMILES string of the molecule is CSc1nc2c(F)c(Cl)n3c(c-2c(=O)n1)NCC3. The molecule has 18 heavy (non-hydrogen) atoms. The number of fused-ring (bicyclic) bond motifs is 3. The molecule has 0 aromatic carbocycles. The predicted octanol–water partition coefficient (Wildman–Crippen LogP) is 1.68. The van der Waals surface area contributed by atoms with Crippen LogP contribution in [0.3, 0.4) is 0 Å². The lowest BCUT2D eigenvalue weighted by Crippen LogP contribution is -2.18. The third kappa shape index (κ3) is 1.50. The van der Waals surface area contributed by atoms with Gasteiger partial charge in [-0.05, 0) is 6.26 Å². The summed E-state index contributed by atoms with van der Waals surface area (Å²) in [4.78, 5) is 19.8.